The Balaban J connectivity index is 0.000000872. The molecule has 2 aromatic rings. The zero-order valence-electron chi connectivity index (χ0n) is 16.1. The third-order valence-electron chi connectivity index (χ3n) is 5.96. The van der Waals surface area contributed by atoms with Gasteiger partial charge in [-0.25, -0.2) is 0 Å². The van der Waals surface area contributed by atoms with E-state index in [1.165, 1.54) is 22.4 Å². The van der Waals surface area contributed by atoms with Crippen LogP contribution in [0.2, 0.25) is 0 Å². The molecule has 2 unspecified atom stereocenters. The van der Waals surface area contributed by atoms with Gasteiger partial charge < -0.3 is 9.80 Å². The van der Waals surface area contributed by atoms with Crippen LogP contribution in [0.25, 0.3) is 0 Å². The number of amides is 1. The molecule has 27 heavy (non-hydrogen) atoms. The fourth-order valence-corrected chi connectivity index (χ4v) is 5.30. The SMILES string of the molecule is CC.O=C1CCCN1C1CC(c2cccc(Br)c2)N2CCc3cccc1c32. The van der Waals surface area contributed by atoms with E-state index < -0.39 is 0 Å². The molecule has 4 heteroatoms. The van der Waals surface area contributed by atoms with E-state index in [2.05, 4.69) is 68.2 Å². The number of anilines is 1. The van der Waals surface area contributed by atoms with Gasteiger partial charge in [0.25, 0.3) is 0 Å². The second-order valence-electron chi connectivity index (χ2n) is 7.31. The van der Waals surface area contributed by atoms with Crippen LogP contribution in [-0.4, -0.2) is 23.9 Å². The summed E-state index contributed by atoms with van der Waals surface area (Å²) in [5.74, 6) is 0.321. The Bertz CT molecular complexity index is 850. The summed E-state index contributed by atoms with van der Waals surface area (Å²) in [6.07, 6.45) is 3.79. The van der Waals surface area contributed by atoms with Crippen LogP contribution in [0, 0.1) is 0 Å². The summed E-state index contributed by atoms with van der Waals surface area (Å²) in [4.78, 5) is 17.2. The van der Waals surface area contributed by atoms with Gasteiger partial charge in [-0.05, 0) is 48.1 Å². The van der Waals surface area contributed by atoms with E-state index >= 15 is 0 Å². The number of para-hydroxylation sites is 1. The van der Waals surface area contributed by atoms with Crippen LogP contribution < -0.4 is 4.90 Å². The number of hydrogen-bond donors (Lipinski definition) is 0. The normalized spacial score (nSPS) is 23.1. The van der Waals surface area contributed by atoms with Crippen molar-refractivity contribution in [3.05, 3.63) is 63.6 Å². The highest BCUT2D eigenvalue weighted by Crippen LogP contribution is 2.50. The van der Waals surface area contributed by atoms with Crippen LogP contribution in [0.5, 0.6) is 0 Å². The Labute approximate surface area is 170 Å². The number of likely N-dealkylation sites (tertiary alicyclic amines) is 1. The minimum Gasteiger partial charge on any atom is -0.364 e. The minimum atomic E-state index is 0.211. The second kappa shape index (κ2) is 7.67. The Morgan fingerprint density at radius 1 is 0.963 bits per heavy atom. The van der Waals surface area contributed by atoms with Crippen LogP contribution in [0.3, 0.4) is 0 Å². The van der Waals surface area contributed by atoms with E-state index in [0.29, 0.717) is 18.4 Å². The van der Waals surface area contributed by atoms with Crippen molar-refractivity contribution in [1.29, 1.82) is 0 Å². The molecule has 0 bridgehead atoms. The van der Waals surface area contributed by atoms with Crippen molar-refractivity contribution in [3.63, 3.8) is 0 Å². The fraction of sp³-hybridized carbons (Fsp3) is 0.435. The monoisotopic (exact) mass is 426 g/mol. The second-order valence-corrected chi connectivity index (χ2v) is 8.23. The van der Waals surface area contributed by atoms with Crippen molar-refractivity contribution in [2.45, 2.75) is 51.6 Å². The number of halogens is 1. The summed E-state index contributed by atoms with van der Waals surface area (Å²) in [7, 11) is 0. The van der Waals surface area contributed by atoms with Crippen LogP contribution in [-0.2, 0) is 11.2 Å². The zero-order valence-corrected chi connectivity index (χ0v) is 17.7. The largest absolute Gasteiger partial charge is 0.364 e. The Kier molecular flexibility index (Phi) is 5.27. The van der Waals surface area contributed by atoms with Gasteiger partial charge in [-0.15, -0.1) is 0 Å². The number of carbonyl (C=O) groups excluding carboxylic acids is 1. The molecule has 0 spiro atoms. The van der Waals surface area contributed by atoms with Crippen LogP contribution in [0.4, 0.5) is 5.69 Å². The summed E-state index contributed by atoms with van der Waals surface area (Å²) in [5.41, 5.74) is 5.53. The van der Waals surface area contributed by atoms with E-state index in [1.54, 1.807) is 0 Å². The molecule has 2 atom stereocenters. The van der Waals surface area contributed by atoms with Crippen LogP contribution in [0.1, 0.15) is 61.9 Å². The molecule has 3 aliphatic rings. The lowest BCUT2D eigenvalue weighted by molar-refractivity contribution is -0.130. The highest BCUT2D eigenvalue weighted by molar-refractivity contribution is 9.10. The van der Waals surface area contributed by atoms with Gasteiger partial charge in [0.15, 0.2) is 0 Å². The van der Waals surface area contributed by atoms with Crippen molar-refractivity contribution in [3.8, 4) is 0 Å². The lowest BCUT2D eigenvalue weighted by atomic mass is 9.87. The van der Waals surface area contributed by atoms with Gasteiger partial charge in [0, 0.05) is 29.7 Å². The number of carbonyl (C=O) groups is 1. The molecule has 3 heterocycles. The standard InChI is InChI=1S/C21H21BrN2O.C2H6/c22-16-6-1-5-15(12-16)18-13-19(23-10-3-8-20(23)25)17-7-2-4-14-9-11-24(18)21(14)17;1-2/h1-2,4-7,12,18-19H,3,8-11,13H2;1-2H3. The first-order valence-electron chi connectivity index (χ1n) is 10.2. The number of benzene rings is 2. The molecule has 0 saturated carbocycles. The molecule has 0 N–H and O–H groups in total. The summed E-state index contributed by atoms with van der Waals surface area (Å²) in [6.45, 7) is 5.97. The van der Waals surface area contributed by atoms with Crippen molar-refractivity contribution >= 4 is 27.5 Å². The summed E-state index contributed by atoms with van der Waals surface area (Å²) in [5, 5.41) is 0. The molecule has 3 nitrogen and oxygen atoms in total. The number of rotatable bonds is 2. The molecule has 1 fully saturated rings. The highest BCUT2D eigenvalue weighted by atomic mass is 79.9. The third-order valence-corrected chi connectivity index (χ3v) is 6.45. The maximum Gasteiger partial charge on any atom is 0.223 e. The maximum absolute atomic E-state index is 12.5. The Hall–Kier alpha value is -1.81. The smallest absolute Gasteiger partial charge is 0.223 e. The molecule has 5 rings (SSSR count). The van der Waals surface area contributed by atoms with Gasteiger partial charge in [-0.1, -0.05) is 60.1 Å². The summed E-state index contributed by atoms with van der Waals surface area (Å²) < 4.78 is 1.12. The zero-order chi connectivity index (χ0) is 19.0. The molecule has 1 amide bonds. The summed E-state index contributed by atoms with van der Waals surface area (Å²) in [6, 6.07) is 15.9. The van der Waals surface area contributed by atoms with Crippen molar-refractivity contribution < 1.29 is 4.79 Å². The van der Waals surface area contributed by atoms with Gasteiger partial charge in [-0.3, -0.25) is 4.79 Å². The average molecular weight is 427 g/mol. The molecule has 142 valence electrons. The lowest BCUT2D eigenvalue weighted by Gasteiger charge is -2.43. The van der Waals surface area contributed by atoms with E-state index in [4.69, 9.17) is 0 Å². The van der Waals surface area contributed by atoms with Crippen molar-refractivity contribution in [2.24, 2.45) is 0 Å². The molecule has 2 aromatic carbocycles. The molecule has 0 radical (unpaired) electrons. The van der Waals surface area contributed by atoms with Crippen molar-refractivity contribution in [1.82, 2.24) is 4.90 Å². The quantitative estimate of drug-likeness (QED) is 0.619. The van der Waals surface area contributed by atoms with Crippen LogP contribution >= 0.6 is 15.9 Å². The first-order chi connectivity index (χ1) is 13.2. The topological polar surface area (TPSA) is 23.6 Å². The lowest BCUT2D eigenvalue weighted by Crippen LogP contribution is -2.39. The van der Waals surface area contributed by atoms with Gasteiger partial charge in [0.2, 0.25) is 5.91 Å². The highest BCUT2D eigenvalue weighted by Gasteiger charge is 2.41. The van der Waals surface area contributed by atoms with Crippen molar-refractivity contribution in [2.75, 3.05) is 18.0 Å². The molecular weight excluding hydrogens is 400 g/mol. The van der Waals surface area contributed by atoms with E-state index in [-0.39, 0.29) is 6.04 Å². The fourth-order valence-electron chi connectivity index (χ4n) is 4.89. The first-order valence-corrected chi connectivity index (χ1v) is 10.9. The van der Waals surface area contributed by atoms with Gasteiger partial charge >= 0.3 is 0 Å². The van der Waals surface area contributed by atoms with Gasteiger partial charge in [-0.2, -0.15) is 0 Å². The van der Waals surface area contributed by atoms with E-state index in [0.717, 1.165) is 36.8 Å². The Morgan fingerprint density at radius 2 is 1.78 bits per heavy atom. The van der Waals surface area contributed by atoms with Gasteiger partial charge in [0.05, 0.1) is 12.1 Å². The average Bonchev–Trinajstić information content (AvgIpc) is 3.32. The summed E-state index contributed by atoms with van der Waals surface area (Å²) >= 11 is 3.62. The van der Waals surface area contributed by atoms with E-state index in [1.807, 2.05) is 13.8 Å². The molecule has 0 aromatic heterocycles. The first kappa shape index (κ1) is 18.5. The Morgan fingerprint density at radius 3 is 2.52 bits per heavy atom. The molecule has 3 aliphatic heterocycles. The molecule has 1 saturated heterocycles. The van der Waals surface area contributed by atoms with Gasteiger partial charge in [0.1, 0.15) is 0 Å². The third kappa shape index (κ3) is 3.18. The molecular formula is C23H27BrN2O. The van der Waals surface area contributed by atoms with E-state index in [9.17, 15) is 4.79 Å². The predicted octanol–water partition coefficient (Wildman–Crippen LogP) is 5.65. The minimum absolute atomic E-state index is 0.211. The maximum atomic E-state index is 12.5. The number of hydrogen-bond acceptors (Lipinski definition) is 2. The number of nitrogens with zero attached hydrogens (tertiary/aromatic N) is 2. The molecule has 0 aliphatic carbocycles. The predicted molar refractivity (Wildman–Crippen MR) is 114 cm³/mol. The van der Waals surface area contributed by atoms with Crippen LogP contribution in [0.15, 0.2) is 46.9 Å².